The van der Waals surface area contributed by atoms with E-state index in [2.05, 4.69) is 81.2 Å². The summed E-state index contributed by atoms with van der Waals surface area (Å²) in [6.07, 6.45) is 0. The van der Waals surface area contributed by atoms with E-state index >= 15 is 0 Å². The first-order valence-electron chi connectivity index (χ1n) is 7.14. The molecule has 0 atom stereocenters. The lowest BCUT2D eigenvalue weighted by molar-refractivity contribution is 0.590. The molecular formula is C19H21N. The fraction of sp³-hybridized carbons (Fsp3) is 0.263. The Hall–Kier alpha value is -2.02. The number of rotatable bonds is 1. The second kappa shape index (κ2) is 4.52. The van der Waals surface area contributed by atoms with Crippen molar-refractivity contribution in [3.05, 3.63) is 59.8 Å². The van der Waals surface area contributed by atoms with Gasteiger partial charge in [-0.05, 0) is 47.2 Å². The molecule has 3 rings (SSSR count). The molecule has 20 heavy (non-hydrogen) atoms. The van der Waals surface area contributed by atoms with Gasteiger partial charge < -0.3 is 4.98 Å². The lowest BCUT2D eigenvalue weighted by Crippen LogP contribution is -2.10. The summed E-state index contributed by atoms with van der Waals surface area (Å²) in [4.78, 5) is 3.37. The van der Waals surface area contributed by atoms with Gasteiger partial charge >= 0.3 is 0 Å². The highest BCUT2D eigenvalue weighted by Gasteiger charge is 2.14. The molecule has 1 nitrogen and oxygen atoms in total. The van der Waals surface area contributed by atoms with E-state index in [1.165, 1.54) is 33.3 Å². The van der Waals surface area contributed by atoms with Crippen LogP contribution in [0.1, 0.15) is 32.0 Å². The molecule has 0 unspecified atom stereocenters. The third-order valence-electron chi connectivity index (χ3n) is 3.82. The van der Waals surface area contributed by atoms with Gasteiger partial charge in [-0.1, -0.05) is 51.1 Å². The van der Waals surface area contributed by atoms with Crippen LogP contribution < -0.4 is 0 Å². The van der Waals surface area contributed by atoms with Gasteiger partial charge in [0.05, 0.1) is 0 Å². The highest BCUT2D eigenvalue weighted by atomic mass is 14.7. The summed E-state index contributed by atoms with van der Waals surface area (Å²) in [5.74, 6) is 0. The Balaban J connectivity index is 2.10. The van der Waals surface area contributed by atoms with E-state index in [1.807, 2.05) is 0 Å². The van der Waals surface area contributed by atoms with Crippen molar-refractivity contribution in [1.82, 2.24) is 4.98 Å². The largest absolute Gasteiger partial charge is 0.359 e. The molecule has 0 spiro atoms. The Bertz CT molecular complexity index is 757. The average molecular weight is 263 g/mol. The smallest absolute Gasteiger partial charge is 0.0456 e. The predicted octanol–water partition coefficient (Wildman–Crippen LogP) is 5.44. The minimum atomic E-state index is 0.185. The van der Waals surface area contributed by atoms with E-state index < -0.39 is 0 Å². The maximum absolute atomic E-state index is 3.37. The second-order valence-electron chi connectivity index (χ2n) is 6.59. The molecule has 0 amide bonds. The lowest BCUT2D eigenvalue weighted by Gasteiger charge is -2.19. The lowest BCUT2D eigenvalue weighted by atomic mass is 9.85. The van der Waals surface area contributed by atoms with Gasteiger partial charge in [0.25, 0.3) is 0 Å². The molecule has 0 fully saturated rings. The molecular weight excluding hydrogens is 242 g/mol. The summed E-state index contributed by atoms with van der Waals surface area (Å²) in [6, 6.07) is 17.7. The number of fused-ring (bicyclic) bond motifs is 1. The van der Waals surface area contributed by atoms with E-state index in [0.29, 0.717) is 0 Å². The van der Waals surface area contributed by atoms with E-state index in [0.717, 1.165) is 0 Å². The first-order chi connectivity index (χ1) is 9.43. The van der Waals surface area contributed by atoms with Crippen molar-refractivity contribution in [2.75, 3.05) is 0 Å². The van der Waals surface area contributed by atoms with E-state index in [9.17, 15) is 0 Å². The van der Waals surface area contributed by atoms with Crippen molar-refractivity contribution < 1.29 is 0 Å². The van der Waals surface area contributed by atoms with Gasteiger partial charge in [-0.2, -0.15) is 0 Å². The maximum atomic E-state index is 3.37. The molecule has 0 aliphatic carbocycles. The zero-order valence-corrected chi connectivity index (χ0v) is 12.6. The fourth-order valence-corrected chi connectivity index (χ4v) is 2.62. The van der Waals surface area contributed by atoms with Gasteiger partial charge in [0.2, 0.25) is 0 Å². The Labute approximate surface area is 120 Å². The van der Waals surface area contributed by atoms with E-state index in [-0.39, 0.29) is 5.41 Å². The van der Waals surface area contributed by atoms with Crippen molar-refractivity contribution in [2.45, 2.75) is 33.1 Å². The minimum Gasteiger partial charge on any atom is -0.359 e. The summed E-state index contributed by atoms with van der Waals surface area (Å²) in [6.45, 7) is 8.86. The first-order valence-corrected chi connectivity index (χ1v) is 7.14. The molecule has 0 aliphatic rings. The Morgan fingerprint density at radius 1 is 0.850 bits per heavy atom. The number of nitrogens with one attached hydrogen (secondary N) is 1. The van der Waals surface area contributed by atoms with Gasteiger partial charge in [-0.3, -0.25) is 0 Å². The van der Waals surface area contributed by atoms with Gasteiger partial charge in [-0.15, -0.1) is 0 Å². The van der Waals surface area contributed by atoms with Gasteiger partial charge in [-0.25, -0.2) is 0 Å². The Kier molecular flexibility index (Phi) is 2.93. The molecule has 1 N–H and O–H groups in total. The second-order valence-corrected chi connectivity index (χ2v) is 6.59. The number of benzene rings is 2. The first kappa shape index (κ1) is 13.0. The molecule has 0 aliphatic heterocycles. The third-order valence-corrected chi connectivity index (χ3v) is 3.82. The Morgan fingerprint density at radius 3 is 2.35 bits per heavy atom. The number of hydrogen-bond donors (Lipinski definition) is 1. The van der Waals surface area contributed by atoms with Crippen molar-refractivity contribution in [2.24, 2.45) is 0 Å². The van der Waals surface area contributed by atoms with Crippen LogP contribution in [0.15, 0.2) is 48.5 Å². The van der Waals surface area contributed by atoms with Crippen LogP contribution in [0.25, 0.3) is 22.0 Å². The Morgan fingerprint density at radius 2 is 1.60 bits per heavy atom. The molecule has 1 heterocycles. The number of aryl methyl sites for hydroxylation is 1. The van der Waals surface area contributed by atoms with Crippen molar-refractivity contribution in [3.8, 4) is 11.1 Å². The maximum Gasteiger partial charge on any atom is 0.0456 e. The highest BCUT2D eigenvalue weighted by Crippen LogP contribution is 2.29. The molecule has 3 aromatic rings. The fourth-order valence-electron chi connectivity index (χ4n) is 2.62. The van der Waals surface area contributed by atoms with Crippen LogP contribution in [0, 0.1) is 6.92 Å². The summed E-state index contributed by atoms with van der Waals surface area (Å²) in [7, 11) is 0. The van der Waals surface area contributed by atoms with Gasteiger partial charge in [0, 0.05) is 16.6 Å². The summed E-state index contributed by atoms with van der Waals surface area (Å²) >= 11 is 0. The predicted molar refractivity (Wildman–Crippen MR) is 87.2 cm³/mol. The molecule has 0 bridgehead atoms. The van der Waals surface area contributed by atoms with E-state index in [1.54, 1.807) is 0 Å². The molecule has 102 valence electrons. The quantitative estimate of drug-likeness (QED) is 0.601. The molecule has 0 radical (unpaired) electrons. The minimum absolute atomic E-state index is 0.185. The SMILES string of the molecule is Cc1cc2cc(-c3cccc(C(C)(C)C)c3)ccc2[nH]1. The zero-order valence-electron chi connectivity index (χ0n) is 12.6. The van der Waals surface area contributed by atoms with Crippen LogP contribution in [0.5, 0.6) is 0 Å². The topological polar surface area (TPSA) is 15.8 Å². The van der Waals surface area contributed by atoms with Crippen molar-refractivity contribution in [1.29, 1.82) is 0 Å². The van der Waals surface area contributed by atoms with Gasteiger partial charge in [0.1, 0.15) is 0 Å². The molecule has 1 heteroatoms. The molecule has 0 saturated carbocycles. The van der Waals surface area contributed by atoms with Crippen LogP contribution in [0.2, 0.25) is 0 Å². The zero-order chi connectivity index (χ0) is 14.3. The summed E-state index contributed by atoms with van der Waals surface area (Å²) in [5.41, 5.74) is 6.55. The van der Waals surface area contributed by atoms with E-state index in [4.69, 9.17) is 0 Å². The van der Waals surface area contributed by atoms with Crippen LogP contribution in [-0.2, 0) is 5.41 Å². The van der Waals surface area contributed by atoms with Crippen LogP contribution in [-0.4, -0.2) is 4.98 Å². The highest BCUT2D eigenvalue weighted by molar-refractivity contribution is 5.85. The summed E-state index contributed by atoms with van der Waals surface area (Å²) in [5, 5.41) is 1.28. The number of aromatic nitrogens is 1. The van der Waals surface area contributed by atoms with Crippen LogP contribution in [0.4, 0.5) is 0 Å². The third kappa shape index (κ3) is 2.36. The average Bonchev–Trinajstić information content (AvgIpc) is 2.77. The standard InChI is InChI=1S/C19H21N/c1-13-10-16-11-15(8-9-18(16)20-13)14-6-5-7-17(12-14)19(2,3)4/h5-12,20H,1-4H3. The molecule has 2 aromatic carbocycles. The van der Waals surface area contributed by atoms with Gasteiger partial charge in [0.15, 0.2) is 0 Å². The molecule has 0 saturated heterocycles. The number of H-pyrrole nitrogens is 1. The van der Waals surface area contributed by atoms with Crippen molar-refractivity contribution in [3.63, 3.8) is 0 Å². The number of aromatic amines is 1. The summed E-state index contributed by atoms with van der Waals surface area (Å²) < 4.78 is 0. The monoisotopic (exact) mass is 263 g/mol. The van der Waals surface area contributed by atoms with Crippen molar-refractivity contribution >= 4 is 10.9 Å². The van der Waals surface area contributed by atoms with Crippen LogP contribution >= 0.6 is 0 Å². The molecule has 1 aromatic heterocycles. The van der Waals surface area contributed by atoms with Crippen LogP contribution in [0.3, 0.4) is 0 Å². The normalized spacial score (nSPS) is 12.0. The number of hydrogen-bond acceptors (Lipinski definition) is 0.